The summed E-state index contributed by atoms with van der Waals surface area (Å²) in [6.07, 6.45) is 15.9. The molecule has 0 saturated carbocycles. The minimum Gasteiger partial charge on any atom is -0.478 e. The first kappa shape index (κ1) is 38.3. The highest BCUT2D eigenvalue weighted by Crippen LogP contribution is 2.23. The van der Waals surface area contributed by atoms with Crippen molar-refractivity contribution in [2.75, 3.05) is 13.1 Å². The molecule has 0 aliphatic carbocycles. The molecule has 0 unspecified atom stereocenters. The van der Waals surface area contributed by atoms with E-state index >= 15 is 0 Å². The summed E-state index contributed by atoms with van der Waals surface area (Å²) in [7, 11) is 0. The molecule has 7 nitrogen and oxygen atoms in total. The zero-order valence-corrected chi connectivity index (χ0v) is 29.2. The third-order valence-electron chi connectivity index (χ3n) is 9.01. The van der Waals surface area contributed by atoms with Crippen molar-refractivity contribution in [3.05, 3.63) is 106 Å². The molecule has 1 fully saturated rings. The molecule has 2 amide bonds. The maximum absolute atomic E-state index is 12.4. The second kappa shape index (κ2) is 21.7. The Labute approximate surface area is 288 Å². The molecule has 1 saturated heterocycles. The summed E-state index contributed by atoms with van der Waals surface area (Å²) in [6, 6.07) is 23.7. The highest BCUT2D eigenvalue weighted by Gasteiger charge is 2.28. The van der Waals surface area contributed by atoms with Gasteiger partial charge in [0.25, 0.3) is 0 Å². The number of amides is 2. The molecule has 48 heavy (non-hydrogen) atoms. The summed E-state index contributed by atoms with van der Waals surface area (Å²) >= 11 is 0. The first-order valence-corrected chi connectivity index (χ1v) is 18.1. The van der Waals surface area contributed by atoms with E-state index < -0.39 is 11.9 Å². The van der Waals surface area contributed by atoms with Gasteiger partial charge in [0.15, 0.2) is 0 Å². The fraction of sp³-hybridized carbons (Fsp3) is 0.488. The molecule has 0 bridgehead atoms. The predicted molar refractivity (Wildman–Crippen MR) is 194 cm³/mol. The number of urea groups is 1. The Morgan fingerprint density at radius 2 is 0.917 bits per heavy atom. The van der Waals surface area contributed by atoms with Crippen LogP contribution in [0.4, 0.5) is 4.79 Å². The Hall–Kier alpha value is -4.13. The number of carbonyl (C=O) groups excluding carboxylic acids is 1. The van der Waals surface area contributed by atoms with Crippen molar-refractivity contribution in [2.45, 2.75) is 117 Å². The average molecular weight is 657 g/mol. The van der Waals surface area contributed by atoms with Crippen LogP contribution in [0.15, 0.2) is 72.8 Å². The third kappa shape index (κ3) is 13.2. The number of unbranched alkanes of at least 4 members (excludes halogenated alkanes) is 10. The van der Waals surface area contributed by atoms with Crippen LogP contribution in [0.25, 0.3) is 0 Å². The van der Waals surface area contributed by atoms with E-state index in [9.17, 15) is 24.6 Å². The van der Waals surface area contributed by atoms with E-state index in [1.54, 1.807) is 12.1 Å². The van der Waals surface area contributed by atoms with Gasteiger partial charge < -0.3 is 20.0 Å². The van der Waals surface area contributed by atoms with Crippen LogP contribution in [-0.2, 0) is 25.9 Å². The van der Waals surface area contributed by atoms with E-state index in [-0.39, 0.29) is 17.2 Å². The van der Waals surface area contributed by atoms with Crippen LogP contribution in [0.2, 0.25) is 0 Å². The van der Waals surface area contributed by atoms with Crippen LogP contribution in [0.5, 0.6) is 0 Å². The van der Waals surface area contributed by atoms with Crippen molar-refractivity contribution in [2.24, 2.45) is 0 Å². The van der Waals surface area contributed by atoms with Crippen molar-refractivity contribution in [1.82, 2.24) is 9.80 Å². The average Bonchev–Trinajstić information content (AvgIpc) is 3.43. The molecule has 1 aliphatic heterocycles. The fourth-order valence-corrected chi connectivity index (χ4v) is 6.23. The molecule has 3 aromatic rings. The summed E-state index contributed by atoms with van der Waals surface area (Å²) in [6.45, 7) is 7.41. The molecule has 7 heteroatoms. The van der Waals surface area contributed by atoms with Crippen LogP contribution in [0, 0.1) is 0 Å². The van der Waals surface area contributed by atoms with Crippen LogP contribution in [0.3, 0.4) is 0 Å². The van der Waals surface area contributed by atoms with Crippen molar-refractivity contribution < 1.29 is 24.6 Å². The molecule has 4 rings (SSSR count). The van der Waals surface area contributed by atoms with Crippen LogP contribution in [-0.4, -0.2) is 51.1 Å². The topological polar surface area (TPSA) is 98.1 Å². The largest absolute Gasteiger partial charge is 0.478 e. The first-order chi connectivity index (χ1) is 23.3. The third-order valence-corrected chi connectivity index (χ3v) is 9.01. The van der Waals surface area contributed by atoms with Crippen molar-refractivity contribution in [3.63, 3.8) is 0 Å². The molecule has 0 aromatic heterocycles. The Balaban J connectivity index is 0.000000273. The summed E-state index contributed by atoms with van der Waals surface area (Å²) in [5.41, 5.74) is 4.24. The minimum atomic E-state index is -1.16. The molecule has 0 radical (unpaired) electrons. The minimum absolute atomic E-state index is 0.0832. The smallest absolute Gasteiger partial charge is 0.336 e. The summed E-state index contributed by atoms with van der Waals surface area (Å²) in [5, 5.41) is 18.9. The Bertz CT molecular complexity index is 1290. The van der Waals surface area contributed by atoms with Gasteiger partial charge in [0.05, 0.1) is 11.1 Å². The van der Waals surface area contributed by atoms with Crippen molar-refractivity contribution >= 4 is 18.0 Å². The summed E-state index contributed by atoms with van der Waals surface area (Å²) in [4.78, 5) is 39.3. The van der Waals surface area contributed by atoms with E-state index in [0.717, 1.165) is 62.7 Å². The predicted octanol–water partition coefficient (Wildman–Crippen LogP) is 10.0. The summed E-state index contributed by atoms with van der Waals surface area (Å²) in [5.74, 6) is -2.32. The van der Waals surface area contributed by atoms with Gasteiger partial charge in [-0.2, -0.15) is 0 Å². The molecule has 2 N–H and O–H groups in total. The van der Waals surface area contributed by atoms with Gasteiger partial charge in [-0.1, -0.05) is 139 Å². The van der Waals surface area contributed by atoms with E-state index in [1.165, 1.54) is 62.5 Å². The van der Waals surface area contributed by atoms with Gasteiger partial charge in [0, 0.05) is 26.2 Å². The molecule has 260 valence electrons. The number of nitrogens with zero attached hydrogens (tertiary/aromatic N) is 2. The number of hydrogen-bond acceptors (Lipinski definition) is 3. The lowest BCUT2D eigenvalue weighted by Gasteiger charge is -2.18. The number of benzene rings is 3. The van der Waals surface area contributed by atoms with Gasteiger partial charge in [0.1, 0.15) is 0 Å². The number of aromatic carboxylic acids is 2. The second-order valence-electron chi connectivity index (χ2n) is 12.9. The number of carboxylic acids is 2. The lowest BCUT2D eigenvalue weighted by molar-refractivity contribution is 0.0651. The monoisotopic (exact) mass is 656 g/mol. The van der Waals surface area contributed by atoms with Gasteiger partial charge in [-0.05, 0) is 60.1 Å². The number of carboxylic acid groups (broad SMARTS) is 2. The second-order valence-corrected chi connectivity index (χ2v) is 12.9. The number of hydrogen-bond donors (Lipinski definition) is 2. The Morgan fingerprint density at radius 1 is 0.562 bits per heavy atom. The lowest BCUT2D eigenvalue weighted by atomic mass is 9.91. The van der Waals surface area contributed by atoms with Gasteiger partial charge in [-0.3, -0.25) is 0 Å². The Kier molecular flexibility index (Phi) is 17.3. The van der Waals surface area contributed by atoms with E-state index in [2.05, 4.69) is 38.1 Å². The van der Waals surface area contributed by atoms with E-state index in [0.29, 0.717) is 13.1 Å². The van der Waals surface area contributed by atoms with Gasteiger partial charge in [0.2, 0.25) is 0 Å². The normalized spacial score (nSPS) is 12.6. The maximum Gasteiger partial charge on any atom is 0.336 e. The number of carbonyl (C=O) groups is 3. The quantitative estimate of drug-likeness (QED) is 0.118. The maximum atomic E-state index is 12.4. The van der Waals surface area contributed by atoms with Crippen molar-refractivity contribution in [1.29, 1.82) is 0 Å². The molecule has 0 spiro atoms. The number of rotatable bonds is 20. The summed E-state index contributed by atoms with van der Waals surface area (Å²) < 4.78 is 0. The first-order valence-electron chi connectivity index (χ1n) is 18.1. The van der Waals surface area contributed by atoms with Gasteiger partial charge in [-0.15, -0.1) is 0 Å². The molecule has 1 aliphatic rings. The molecule has 0 atom stereocenters. The van der Waals surface area contributed by atoms with Gasteiger partial charge >= 0.3 is 18.0 Å². The lowest BCUT2D eigenvalue weighted by Crippen LogP contribution is -2.31. The number of aryl methyl sites for hydroxylation is 2. The van der Waals surface area contributed by atoms with Crippen LogP contribution in [0.1, 0.15) is 134 Å². The van der Waals surface area contributed by atoms with Crippen LogP contribution >= 0.6 is 0 Å². The highest BCUT2D eigenvalue weighted by atomic mass is 16.4. The van der Waals surface area contributed by atoms with E-state index in [4.69, 9.17) is 0 Å². The van der Waals surface area contributed by atoms with E-state index in [1.807, 2.05) is 46.2 Å². The molecule has 1 heterocycles. The molecular formula is C41H56N2O5. The zero-order chi connectivity index (χ0) is 34.6. The van der Waals surface area contributed by atoms with Crippen LogP contribution < -0.4 is 0 Å². The molecule has 3 aromatic carbocycles. The van der Waals surface area contributed by atoms with Crippen molar-refractivity contribution in [3.8, 4) is 0 Å². The zero-order valence-electron chi connectivity index (χ0n) is 29.2. The standard InChI is InChI=1S/C24H38O4.C17H18N2O/c1-3-5-7-9-11-13-15-19-17-21(23(25)26)22(24(27)28)18-20(19)16-14-12-10-8-6-4-2;20-17-18(13-15-7-3-1-4-8-15)11-12-19(17)14-16-9-5-2-6-10-16/h17-18H,3-16H2,1-2H3,(H,25,26)(H,27,28);1-10H,11-14H2. The van der Waals surface area contributed by atoms with Gasteiger partial charge in [-0.25, -0.2) is 14.4 Å². The highest BCUT2D eigenvalue weighted by molar-refractivity contribution is 6.02. The molecular weight excluding hydrogens is 600 g/mol. The Morgan fingerprint density at radius 3 is 1.27 bits per heavy atom. The fourth-order valence-electron chi connectivity index (χ4n) is 6.23. The SMILES string of the molecule is CCCCCCCCc1cc(C(=O)O)c(C(=O)O)cc1CCCCCCCC.O=C1N(Cc2ccccc2)CCN1Cc1ccccc1.